The lowest BCUT2D eigenvalue weighted by Gasteiger charge is -2.28. The highest BCUT2D eigenvalue weighted by Gasteiger charge is 2.14. The second-order valence-corrected chi connectivity index (χ2v) is 4.61. The lowest BCUT2D eigenvalue weighted by molar-refractivity contribution is 0.0171. The van der Waals surface area contributed by atoms with Crippen LogP contribution in [0.3, 0.4) is 0 Å². The summed E-state index contributed by atoms with van der Waals surface area (Å²) in [6.45, 7) is 4.26. The Balaban J connectivity index is 1.70. The van der Waals surface area contributed by atoms with Gasteiger partial charge in [-0.1, -0.05) is 11.6 Å². The number of aromatic nitrogens is 2. The van der Waals surface area contributed by atoms with Crippen LogP contribution in [0.25, 0.3) is 0 Å². The molecule has 1 aliphatic heterocycles. The molecule has 0 saturated carbocycles. The van der Waals surface area contributed by atoms with Crippen LogP contribution in [0.5, 0.6) is 0 Å². The van der Waals surface area contributed by atoms with Crippen LogP contribution in [-0.2, 0) is 4.74 Å². The van der Waals surface area contributed by atoms with Gasteiger partial charge in [-0.3, -0.25) is 4.90 Å². The van der Waals surface area contributed by atoms with Crippen molar-refractivity contribution in [3.05, 3.63) is 17.4 Å². The molecule has 0 radical (unpaired) electrons. The van der Waals surface area contributed by atoms with Crippen molar-refractivity contribution in [2.24, 2.45) is 0 Å². The first-order valence-corrected chi connectivity index (χ1v) is 6.31. The number of aliphatic hydroxyl groups is 1. The fraction of sp³-hybridized carbons (Fsp3) is 0.636. The van der Waals surface area contributed by atoms with Gasteiger partial charge in [-0.15, -0.1) is 0 Å². The van der Waals surface area contributed by atoms with Crippen LogP contribution in [0, 0.1) is 0 Å². The maximum atomic E-state index is 9.89. The molecule has 0 amide bonds. The molecule has 6 nitrogen and oxygen atoms in total. The van der Waals surface area contributed by atoms with Crippen molar-refractivity contribution < 1.29 is 9.84 Å². The number of halogens is 1. The second kappa shape index (κ2) is 6.84. The van der Waals surface area contributed by atoms with E-state index in [0.29, 0.717) is 24.1 Å². The zero-order valence-electron chi connectivity index (χ0n) is 10.0. The molecule has 1 aromatic heterocycles. The summed E-state index contributed by atoms with van der Waals surface area (Å²) in [6, 6.07) is 0. The summed E-state index contributed by atoms with van der Waals surface area (Å²) in [5, 5.41) is 13.4. The molecule has 1 aromatic rings. The molecule has 1 unspecified atom stereocenters. The zero-order chi connectivity index (χ0) is 12.8. The first kappa shape index (κ1) is 13.5. The third-order valence-corrected chi connectivity index (χ3v) is 2.88. The van der Waals surface area contributed by atoms with E-state index in [-0.39, 0.29) is 0 Å². The maximum Gasteiger partial charge on any atom is 0.222 e. The third-order valence-electron chi connectivity index (χ3n) is 2.69. The van der Waals surface area contributed by atoms with Crippen LogP contribution >= 0.6 is 11.6 Å². The number of ether oxygens (including phenoxy) is 1. The number of hydrogen-bond acceptors (Lipinski definition) is 6. The van der Waals surface area contributed by atoms with Crippen molar-refractivity contribution >= 4 is 17.5 Å². The SMILES string of the molecule is OC(CNc1ncc(Cl)cn1)CN1CCOCC1. The molecular weight excluding hydrogens is 256 g/mol. The van der Waals surface area contributed by atoms with E-state index in [1.54, 1.807) is 0 Å². The van der Waals surface area contributed by atoms with Crippen LogP contribution in [0.1, 0.15) is 0 Å². The van der Waals surface area contributed by atoms with Crippen molar-refractivity contribution in [3.8, 4) is 0 Å². The van der Waals surface area contributed by atoms with E-state index in [9.17, 15) is 5.11 Å². The molecule has 0 bridgehead atoms. The molecular formula is C11H17ClN4O2. The number of morpholine rings is 1. The Morgan fingerprint density at radius 2 is 2.06 bits per heavy atom. The summed E-state index contributed by atoms with van der Waals surface area (Å²) in [6.07, 6.45) is 2.58. The molecule has 1 fully saturated rings. The highest BCUT2D eigenvalue weighted by Crippen LogP contribution is 2.05. The standard InChI is InChI=1S/C11H17ClN4O2/c12-9-5-13-11(14-6-9)15-7-10(17)8-16-1-3-18-4-2-16/h5-6,10,17H,1-4,7-8H2,(H,13,14,15). The Hall–Kier alpha value is -0.950. The number of rotatable bonds is 5. The molecule has 100 valence electrons. The highest BCUT2D eigenvalue weighted by atomic mass is 35.5. The second-order valence-electron chi connectivity index (χ2n) is 4.17. The lowest BCUT2D eigenvalue weighted by Crippen LogP contribution is -2.42. The topological polar surface area (TPSA) is 70.5 Å². The smallest absolute Gasteiger partial charge is 0.222 e. The fourth-order valence-electron chi connectivity index (χ4n) is 1.76. The van der Waals surface area contributed by atoms with E-state index in [4.69, 9.17) is 16.3 Å². The average molecular weight is 273 g/mol. The van der Waals surface area contributed by atoms with Crippen molar-refractivity contribution in [2.45, 2.75) is 6.10 Å². The minimum atomic E-state index is -0.456. The van der Waals surface area contributed by atoms with Gasteiger partial charge in [-0.2, -0.15) is 0 Å². The molecule has 1 saturated heterocycles. The van der Waals surface area contributed by atoms with E-state index >= 15 is 0 Å². The van der Waals surface area contributed by atoms with Crippen LogP contribution in [0.15, 0.2) is 12.4 Å². The van der Waals surface area contributed by atoms with Gasteiger partial charge in [0.05, 0.1) is 36.7 Å². The van der Waals surface area contributed by atoms with Crippen LogP contribution in [0.4, 0.5) is 5.95 Å². The molecule has 7 heteroatoms. The predicted octanol–water partition coefficient (Wildman–Crippen LogP) is 0.235. The lowest BCUT2D eigenvalue weighted by atomic mass is 10.3. The number of hydrogen-bond donors (Lipinski definition) is 2. The van der Waals surface area contributed by atoms with Gasteiger partial charge in [0, 0.05) is 26.2 Å². The molecule has 1 atom stereocenters. The van der Waals surface area contributed by atoms with Gasteiger partial charge in [0.1, 0.15) is 0 Å². The first-order valence-electron chi connectivity index (χ1n) is 5.93. The normalized spacial score (nSPS) is 18.6. The van der Waals surface area contributed by atoms with Crippen molar-refractivity contribution in [1.82, 2.24) is 14.9 Å². The van der Waals surface area contributed by atoms with Crippen LogP contribution in [-0.4, -0.2) is 65.5 Å². The minimum absolute atomic E-state index is 0.416. The van der Waals surface area contributed by atoms with E-state index in [0.717, 1.165) is 26.3 Å². The van der Waals surface area contributed by atoms with Gasteiger partial charge >= 0.3 is 0 Å². The minimum Gasteiger partial charge on any atom is -0.390 e. The van der Waals surface area contributed by atoms with Crippen LogP contribution in [0.2, 0.25) is 5.02 Å². The summed E-state index contributed by atoms with van der Waals surface area (Å²) in [5.74, 6) is 0.473. The average Bonchev–Trinajstić information content (AvgIpc) is 2.39. The van der Waals surface area contributed by atoms with Gasteiger partial charge in [-0.25, -0.2) is 9.97 Å². The van der Waals surface area contributed by atoms with Gasteiger partial charge in [0.25, 0.3) is 0 Å². The zero-order valence-corrected chi connectivity index (χ0v) is 10.8. The number of β-amino-alcohol motifs (C(OH)–C–C–N with tert-alkyl or cyclic N) is 1. The van der Waals surface area contributed by atoms with E-state index < -0.39 is 6.10 Å². The summed E-state index contributed by atoms with van der Waals surface area (Å²) in [4.78, 5) is 10.2. The summed E-state index contributed by atoms with van der Waals surface area (Å²) in [7, 11) is 0. The molecule has 0 spiro atoms. The quantitative estimate of drug-likeness (QED) is 0.800. The van der Waals surface area contributed by atoms with E-state index in [1.807, 2.05) is 0 Å². The largest absolute Gasteiger partial charge is 0.390 e. The number of aliphatic hydroxyl groups excluding tert-OH is 1. The Morgan fingerprint density at radius 1 is 1.39 bits per heavy atom. The third kappa shape index (κ3) is 4.38. The molecule has 2 N–H and O–H groups in total. The fourth-order valence-corrected chi connectivity index (χ4v) is 1.86. The predicted molar refractivity (Wildman–Crippen MR) is 68.8 cm³/mol. The van der Waals surface area contributed by atoms with Crippen molar-refractivity contribution in [1.29, 1.82) is 0 Å². The summed E-state index contributed by atoms with van der Waals surface area (Å²) in [5.41, 5.74) is 0. The first-order chi connectivity index (χ1) is 8.74. The molecule has 18 heavy (non-hydrogen) atoms. The van der Waals surface area contributed by atoms with Gasteiger partial charge in [-0.05, 0) is 0 Å². The molecule has 2 rings (SSSR count). The monoisotopic (exact) mass is 272 g/mol. The number of anilines is 1. The molecule has 0 aliphatic carbocycles. The van der Waals surface area contributed by atoms with Gasteiger partial charge in [0.15, 0.2) is 0 Å². The number of nitrogens with zero attached hydrogens (tertiary/aromatic N) is 3. The highest BCUT2D eigenvalue weighted by molar-refractivity contribution is 6.30. The molecule has 1 aliphatic rings. The van der Waals surface area contributed by atoms with Gasteiger partial charge in [0.2, 0.25) is 5.95 Å². The summed E-state index contributed by atoms with van der Waals surface area (Å²) >= 11 is 5.68. The van der Waals surface area contributed by atoms with Crippen molar-refractivity contribution in [3.63, 3.8) is 0 Å². The Morgan fingerprint density at radius 3 is 2.72 bits per heavy atom. The Kier molecular flexibility index (Phi) is 5.12. The van der Waals surface area contributed by atoms with Crippen molar-refractivity contribution in [2.75, 3.05) is 44.7 Å². The van der Waals surface area contributed by atoms with Crippen LogP contribution < -0.4 is 5.32 Å². The summed E-state index contributed by atoms with van der Waals surface area (Å²) < 4.78 is 5.25. The maximum absolute atomic E-state index is 9.89. The molecule has 0 aromatic carbocycles. The van der Waals surface area contributed by atoms with E-state index in [1.165, 1.54) is 12.4 Å². The number of nitrogens with one attached hydrogen (secondary N) is 1. The Labute approximate surface area is 111 Å². The van der Waals surface area contributed by atoms with Gasteiger partial charge < -0.3 is 15.2 Å². The molecule has 2 heterocycles. The van der Waals surface area contributed by atoms with E-state index in [2.05, 4.69) is 20.2 Å². The Bertz CT molecular complexity index is 357.